The van der Waals surface area contributed by atoms with Crippen molar-refractivity contribution in [3.8, 4) is 0 Å². The zero-order valence-electron chi connectivity index (χ0n) is 4.80. The predicted octanol–water partition coefficient (Wildman–Crippen LogP) is -0.847. The fourth-order valence-electron chi connectivity index (χ4n) is 0. The van der Waals surface area contributed by atoms with Gasteiger partial charge < -0.3 is 38.3 Å². The summed E-state index contributed by atoms with van der Waals surface area (Å²) in [5.41, 5.74) is 0. The largest absolute Gasteiger partial charge is 3.00 e. The van der Waals surface area contributed by atoms with E-state index in [-0.39, 0.29) is 140 Å². The van der Waals surface area contributed by atoms with Gasteiger partial charge in [0, 0.05) is 0 Å². The molecule has 0 aromatic carbocycles. The fourth-order valence-corrected chi connectivity index (χ4v) is 0. The summed E-state index contributed by atoms with van der Waals surface area (Å²) in [5, 5.41) is 0. The molecule has 0 aliphatic heterocycles. The molecule has 0 spiro atoms. The van der Waals surface area contributed by atoms with Crippen molar-refractivity contribution in [2.24, 2.45) is 0 Å². The average molecular weight is 468 g/mol. The quantitative estimate of drug-likeness (QED) is 0.400. The van der Waals surface area contributed by atoms with Gasteiger partial charge in [0.25, 0.3) is 0 Å². The molecule has 0 heterocycles. The van der Waals surface area contributed by atoms with Gasteiger partial charge in [-0.25, -0.2) is 0 Å². The van der Waals surface area contributed by atoms with Gasteiger partial charge in [0.15, 0.2) is 0 Å². The zero-order valence-corrected chi connectivity index (χ0v) is 10.9. The van der Waals surface area contributed by atoms with Crippen LogP contribution < -0.4 is 0 Å². The maximum Gasteiger partial charge on any atom is 3.00 e. The van der Waals surface area contributed by atoms with Gasteiger partial charge in [0.1, 0.15) is 0 Å². The molecule has 0 aromatic rings. The van der Waals surface area contributed by atoms with Crippen LogP contribution in [0.2, 0.25) is 0 Å². The Labute approximate surface area is 138 Å². The van der Waals surface area contributed by atoms with Crippen LogP contribution in [-0.2, 0) is 140 Å². The van der Waals surface area contributed by atoms with E-state index in [0.717, 1.165) is 0 Å². The van der Waals surface area contributed by atoms with Crippen molar-refractivity contribution in [3.05, 3.63) is 0 Å². The van der Waals surface area contributed by atoms with Gasteiger partial charge in [0.2, 0.25) is 0 Å². The first-order valence-electron chi connectivity index (χ1n) is 0. The van der Waals surface area contributed by atoms with E-state index in [9.17, 15) is 0 Å². The second kappa shape index (κ2) is 362. The molecule has 0 amide bonds. The summed E-state index contributed by atoms with van der Waals surface area (Å²) < 4.78 is 0. The first-order chi connectivity index (χ1) is 0. The minimum atomic E-state index is 0. The maximum absolute atomic E-state index is 0. The van der Waals surface area contributed by atoms with E-state index in [0.29, 0.717) is 0 Å². The summed E-state index contributed by atoms with van der Waals surface area (Å²) in [6, 6.07) is 0. The van der Waals surface area contributed by atoms with Gasteiger partial charge in [0.05, 0.1) is 0 Å². The minimum Gasteiger partial charge on any atom is -2.00 e. The second-order valence-electron chi connectivity index (χ2n) is 0. The van der Waals surface area contributed by atoms with E-state index < -0.39 is 0 Å². The van der Waals surface area contributed by atoms with Crippen LogP contribution in [0.4, 0.5) is 0 Å². The van der Waals surface area contributed by atoms with Gasteiger partial charge in [-0.3, -0.25) is 0 Å². The first kappa shape index (κ1) is 445. The van der Waals surface area contributed by atoms with Crippen molar-refractivity contribution < 1.29 is 140 Å². The molecule has 0 aromatic heterocycles. The molecular formula is Cu2Fe2Ni2O7. The van der Waals surface area contributed by atoms with Gasteiger partial charge in [-0.05, 0) is 0 Å². The summed E-state index contributed by atoms with van der Waals surface area (Å²) in [5.74, 6) is 0. The van der Waals surface area contributed by atoms with E-state index in [1.807, 2.05) is 0 Å². The molecule has 0 aliphatic rings. The van der Waals surface area contributed by atoms with Crippen LogP contribution in [0.3, 0.4) is 0 Å². The third kappa shape index (κ3) is 312. The van der Waals surface area contributed by atoms with E-state index >= 15 is 0 Å². The van der Waals surface area contributed by atoms with Crippen LogP contribution >= 0.6 is 0 Å². The molecule has 7 nitrogen and oxygen atoms in total. The summed E-state index contributed by atoms with van der Waals surface area (Å²) >= 11 is 0. The predicted molar refractivity (Wildman–Crippen MR) is 4.81 cm³/mol. The van der Waals surface area contributed by atoms with E-state index in [1.54, 1.807) is 0 Å². The van der Waals surface area contributed by atoms with Gasteiger partial charge in [-0.2, -0.15) is 0 Å². The maximum atomic E-state index is 0. The summed E-state index contributed by atoms with van der Waals surface area (Å²) in [4.78, 5) is 0. The molecule has 0 bridgehead atoms. The monoisotopic (exact) mass is 466 g/mol. The van der Waals surface area contributed by atoms with E-state index in [1.165, 1.54) is 0 Å². The van der Waals surface area contributed by atoms with Crippen LogP contribution in [0.25, 0.3) is 0 Å². The first-order valence-corrected chi connectivity index (χ1v) is 0. The molecule has 0 unspecified atom stereocenters. The molecule has 0 aliphatic carbocycles. The summed E-state index contributed by atoms with van der Waals surface area (Å²) in [6.07, 6.45) is 0. The Morgan fingerprint density at radius 1 is 0.308 bits per heavy atom. The molecule has 13 heavy (non-hydrogen) atoms. The van der Waals surface area contributed by atoms with Crippen LogP contribution in [-0.4, -0.2) is 0 Å². The van der Waals surface area contributed by atoms with E-state index in [4.69, 9.17) is 0 Å². The molecular weight excluding hydrogens is 468 g/mol. The number of rotatable bonds is 0. The van der Waals surface area contributed by atoms with Crippen LogP contribution in [0.1, 0.15) is 0 Å². The molecule has 0 fully saturated rings. The molecule has 4 radical (unpaired) electrons. The topological polar surface area (TPSA) is 200 Å². The summed E-state index contributed by atoms with van der Waals surface area (Å²) in [7, 11) is 0. The zero-order chi connectivity index (χ0) is 0. The molecule has 0 saturated carbocycles. The number of hydrogen-bond acceptors (Lipinski definition) is 0. The van der Waals surface area contributed by atoms with Crippen molar-refractivity contribution in [3.63, 3.8) is 0 Å². The van der Waals surface area contributed by atoms with Crippen LogP contribution in [0.15, 0.2) is 0 Å². The molecule has 0 atom stereocenters. The second-order valence-corrected chi connectivity index (χ2v) is 0. The third-order valence-electron chi connectivity index (χ3n) is 0. The standard InChI is InChI=1S/2Cu.2Fe.2Ni.7O/q2*+2;2*+3;2*+2;7*-2. The minimum absolute atomic E-state index is 0. The third-order valence-corrected chi connectivity index (χ3v) is 0. The summed E-state index contributed by atoms with van der Waals surface area (Å²) in [6.45, 7) is 0. The smallest absolute Gasteiger partial charge is 2.00 e. The fraction of sp³-hybridized carbons (Fsp3) is 0. The van der Waals surface area contributed by atoms with Crippen LogP contribution in [0.5, 0.6) is 0 Å². The Bertz CT molecular complexity index is 22.5. The van der Waals surface area contributed by atoms with Gasteiger partial charge in [-0.1, -0.05) is 0 Å². The van der Waals surface area contributed by atoms with Crippen molar-refractivity contribution in [2.45, 2.75) is 0 Å². The van der Waals surface area contributed by atoms with Crippen molar-refractivity contribution in [1.82, 2.24) is 0 Å². The van der Waals surface area contributed by atoms with Gasteiger partial charge in [-0.15, -0.1) is 0 Å². The Balaban J connectivity index is 0. The Morgan fingerprint density at radius 3 is 0.308 bits per heavy atom. The Kier molecular flexibility index (Phi) is 12400. The van der Waals surface area contributed by atoms with Crippen molar-refractivity contribution in [2.75, 3.05) is 0 Å². The van der Waals surface area contributed by atoms with Crippen molar-refractivity contribution in [1.29, 1.82) is 0 Å². The normalized spacial score (nSPS) is 0. The Hall–Kier alpha value is 2.78. The molecule has 0 N–H and O–H groups in total. The molecule has 0 rings (SSSR count). The molecule has 13 heteroatoms. The average Bonchev–Trinajstić information content (AvgIpc) is 0. The Morgan fingerprint density at radius 2 is 0.308 bits per heavy atom. The van der Waals surface area contributed by atoms with E-state index in [2.05, 4.69) is 0 Å². The van der Waals surface area contributed by atoms with Gasteiger partial charge >= 0.3 is 101 Å². The number of hydrogen-bond donors (Lipinski definition) is 0. The van der Waals surface area contributed by atoms with Crippen molar-refractivity contribution >= 4 is 0 Å². The SMILES string of the molecule is [Cu+2].[Cu+2].[Fe+3].[Fe+3].[Ni+2].[Ni+2].[O-2].[O-2].[O-2].[O-2].[O-2].[O-2].[O-2]. The van der Waals surface area contributed by atoms with Crippen LogP contribution in [0, 0.1) is 0 Å². The molecule has 100 valence electrons. The molecule has 0 saturated heterocycles.